The van der Waals surface area contributed by atoms with Crippen LogP contribution in [0.4, 0.5) is 0 Å². The third-order valence-corrected chi connectivity index (χ3v) is 4.06. The normalized spacial score (nSPS) is 22.1. The van der Waals surface area contributed by atoms with Crippen LogP contribution in [0.5, 0.6) is 5.75 Å². The van der Waals surface area contributed by atoms with Crippen LogP contribution < -0.4 is 10.1 Å². The molecular formula is C16H24BrNO2. The molecule has 0 spiro atoms. The van der Waals surface area contributed by atoms with E-state index in [-0.39, 0.29) is 6.10 Å². The van der Waals surface area contributed by atoms with Crippen molar-refractivity contribution in [1.29, 1.82) is 0 Å². The van der Waals surface area contributed by atoms with E-state index in [9.17, 15) is 0 Å². The van der Waals surface area contributed by atoms with Gasteiger partial charge in [-0.25, -0.2) is 0 Å². The summed E-state index contributed by atoms with van der Waals surface area (Å²) in [4.78, 5) is 0. The van der Waals surface area contributed by atoms with Gasteiger partial charge in [0.1, 0.15) is 12.4 Å². The summed E-state index contributed by atoms with van der Waals surface area (Å²) in [6.45, 7) is 6.91. The summed E-state index contributed by atoms with van der Waals surface area (Å²) in [7, 11) is 0. The molecular weight excluding hydrogens is 318 g/mol. The molecule has 0 saturated carbocycles. The molecule has 0 amide bonds. The van der Waals surface area contributed by atoms with Gasteiger partial charge in [-0.1, -0.05) is 28.9 Å². The van der Waals surface area contributed by atoms with Crippen molar-refractivity contribution in [2.24, 2.45) is 0 Å². The van der Waals surface area contributed by atoms with Crippen LogP contribution in [-0.4, -0.2) is 31.9 Å². The topological polar surface area (TPSA) is 30.5 Å². The van der Waals surface area contributed by atoms with Gasteiger partial charge in [-0.15, -0.1) is 0 Å². The molecule has 1 saturated heterocycles. The molecule has 3 nitrogen and oxygen atoms in total. The molecule has 0 bridgehead atoms. The van der Waals surface area contributed by atoms with E-state index in [2.05, 4.69) is 41.2 Å². The summed E-state index contributed by atoms with van der Waals surface area (Å²) >= 11 is 3.48. The average molecular weight is 342 g/mol. The van der Waals surface area contributed by atoms with E-state index in [0.29, 0.717) is 12.7 Å². The van der Waals surface area contributed by atoms with Crippen molar-refractivity contribution in [1.82, 2.24) is 5.32 Å². The Balaban J connectivity index is 1.74. The maximum Gasteiger partial charge on any atom is 0.123 e. The molecule has 4 heteroatoms. The van der Waals surface area contributed by atoms with Gasteiger partial charge in [0.05, 0.1) is 12.2 Å². The standard InChI is InChI=1S/C16H24BrNO2/c1-3-8-18-10-14-6-7-15(20-14)11-19-16-9-13(17)5-4-12(16)2/h4-5,9,14-15,18H,3,6-8,10-11H2,1-2H3. The molecule has 2 unspecified atom stereocenters. The smallest absolute Gasteiger partial charge is 0.123 e. The summed E-state index contributed by atoms with van der Waals surface area (Å²) in [5, 5.41) is 3.42. The lowest BCUT2D eigenvalue weighted by Gasteiger charge is -2.16. The minimum absolute atomic E-state index is 0.224. The van der Waals surface area contributed by atoms with Crippen molar-refractivity contribution in [3.63, 3.8) is 0 Å². The molecule has 1 heterocycles. The highest BCUT2D eigenvalue weighted by Gasteiger charge is 2.25. The Bertz CT molecular complexity index is 425. The van der Waals surface area contributed by atoms with Gasteiger partial charge in [-0.3, -0.25) is 0 Å². The Kier molecular flexibility index (Phi) is 6.33. The molecule has 112 valence electrons. The van der Waals surface area contributed by atoms with E-state index in [1.54, 1.807) is 0 Å². The quantitative estimate of drug-likeness (QED) is 0.767. The Morgan fingerprint density at radius 3 is 2.95 bits per heavy atom. The molecule has 1 fully saturated rings. The van der Waals surface area contributed by atoms with E-state index in [1.807, 2.05) is 12.1 Å². The monoisotopic (exact) mass is 341 g/mol. The predicted octanol–water partition coefficient (Wildman–Crippen LogP) is 3.68. The number of aryl methyl sites for hydroxylation is 1. The third kappa shape index (κ3) is 4.76. The lowest BCUT2D eigenvalue weighted by molar-refractivity contribution is 0.0185. The van der Waals surface area contributed by atoms with Gasteiger partial charge >= 0.3 is 0 Å². The van der Waals surface area contributed by atoms with Gasteiger partial charge in [0.15, 0.2) is 0 Å². The fourth-order valence-electron chi connectivity index (χ4n) is 2.40. The molecule has 1 aromatic rings. The molecule has 1 N–H and O–H groups in total. The summed E-state index contributed by atoms with van der Waals surface area (Å²) in [5.74, 6) is 0.940. The highest BCUT2D eigenvalue weighted by atomic mass is 79.9. The van der Waals surface area contributed by atoms with Crippen LogP contribution in [0, 0.1) is 6.92 Å². The second-order valence-electron chi connectivity index (χ2n) is 5.38. The second kappa shape index (κ2) is 8.01. The Morgan fingerprint density at radius 2 is 2.15 bits per heavy atom. The third-order valence-electron chi connectivity index (χ3n) is 3.57. The number of hydrogen-bond donors (Lipinski definition) is 1. The van der Waals surface area contributed by atoms with Crippen LogP contribution in [0.25, 0.3) is 0 Å². The van der Waals surface area contributed by atoms with Crippen molar-refractivity contribution < 1.29 is 9.47 Å². The molecule has 0 aromatic heterocycles. The first-order valence-corrected chi connectivity index (χ1v) is 8.23. The molecule has 2 atom stereocenters. The van der Waals surface area contributed by atoms with Crippen molar-refractivity contribution in [3.8, 4) is 5.75 Å². The minimum Gasteiger partial charge on any atom is -0.491 e. The Hall–Kier alpha value is -0.580. The van der Waals surface area contributed by atoms with Crippen LogP contribution in [-0.2, 0) is 4.74 Å². The molecule has 0 aliphatic carbocycles. The minimum atomic E-state index is 0.224. The van der Waals surface area contributed by atoms with E-state index in [4.69, 9.17) is 9.47 Å². The number of nitrogens with one attached hydrogen (secondary N) is 1. The predicted molar refractivity (Wildman–Crippen MR) is 85.4 cm³/mol. The van der Waals surface area contributed by atoms with Crippen LogP contribution in [0.15, 0.2) is 22.7 Å². The van der Waals surface area contributed by atoms with E-state index in [1.165, 1.54) is 6.42 Å². The molecule has 1 aliphatic heterocycles. The lowest BCUT2D eigenvalue weighted by Crippen LogP contribution is -2.28. The fraction of sp³-hybridized carbons (Fsp3) is 0.625. The zero-order chi connectivity index (χ0) is 14.4. The molecule has 0 radical (unpaired) electrons. The van der Waals surface area contributed by atoms with Crippen LogP contribution in [0.2, 0.25) is 0 Å². The highest BCUT2D eigenvalue weighted by Crippen LogP contribution is 2.25. The van der Waals surface area contributed by atoms with E-state index in [0.717, 1.165) is 41.7 Å². The van der Waals surface area contributed by atoms with Crippen LogP contribution >= 0.6 is 15.9 Å². The van der Waals surface area contributed by atoms with Crippen molar-refractivity contribution in [2.45, 2.75) is 45.3 Å². The molecule has 1 aliphatic rings. The van der Waals surface area contributed by atoms with Crippen LogP contribution in [0.3, 0.4) is 0 Å². The van der Waals surface area contributed by atoms with Gasteiger partial charge in [0, 0.05) is 11.0 Å². The number of rotatable bonds is 7. The fourth-order valence-corrected chi connectivity index (χ4v) is 2.74. The first-order valence-electron chi connectivity index (χ1n) is 7.44. The van der Waals surface area contributed by atoms with Gasteiger partial charge < -0.3 is 14.8 Å². The second-order valence-corrected chi connectivity index (χ2v) is 6.30. The van der Waals surface area contributed by atoms with Crippen molar-refractivity contribution in [2.75, 3.05) is 19.7 Å². The van der Waals surface area contributed by atoms with Crippen molar-refractivity contribution in [3.05, 3.63) is 28.2 Å². The Morgan fingerprint density at radius 1 is 1.35 bits per heavy atom. The maximum atomic E-state index is 6.00. The lowest BCUT2D eigenvalue weighted by atomic mass is 10.2. The van der Waals surface area contributed by atoms with Crippen LogP contribution in [0.1, 0.15) is 31.7 Å². The number of hydrogen-bond acceptors (Lipinski definition) is 3. The molecule has 1 aromatic carbocycles. The first-order chi connectivity index (χ1) is 9.69. The SMILES string of the molecule is CCCNCC1CCC(COc2cc(Br)ccc2C)O1. The number of benzene rings is 1. The van der Waals surface area contributed by atoms with Gasteiger partial charge in [0.25, 0.3) is 0 Å². The van der Waals surface area contributed by atoms with Gasteiger partial charge in [0.2, 0.25) is 0 Å². The van der Waals surface area contributed by atoms with E-state index >= 15 is 0 Å². The first kappa shape index (κ1) is 15.8. The molecule has 2 rings (SSSR count). The summed E-state index contributed by atoms with van der Waals surface area (Å²) in [5.41, 5.74) is 1.16. The molecule has 20 heavy (non-hydrogen) atoms. The summed E-state index contributed by atoms with van der Waals surface area (Å²) in [6, 6.07) is 6.11. The zero-order valence-electron chi connectivity index (χ0n) is 12.3. The van der Waals surface area contributed by atoms with Gasteiger partial charge in [-0.2, -0.15) is 0 Å². The van der Waals surface area contributed by atoms with Crippen molar-refractivity contribution >= 4 is 15.9 Å². The number of ether oxygens (including phenoxy) is 2. The average Bonchev–Trinajstić information content (AvgIpc) is 2.88. The van der Waals surface area contributed by atoms with E-state index < -0.39 is 0 Å². The number of halogens is 1. The highest BCUT2D eigenvalue weighted by molar-refractivity contribution is 9.10. The summed E-state index contributed by atoms with van der Waals surface area (Å²) in [6.07, 6.45) is 3.95. The maximum absolute atomic E-state index is 6.00. The Labute approximate surface area is 130 Å². The largest absolute Gasteiger partial charge is 0.491 e. The zero-order valence-corrected chi connectivity index (χ0v) is 13.9. The van der Waals surface area contributed by atoms with Gasteiger partial charge in [-0.05, 0) is 50.4 Å². The summed E-state index contributed by atoms with van der Waals surface area (Å²) < 4.78 is 12.9.